The minimum atomic E-state index is 0.198. The first-order valence-electron chi connectivity index (χ1n) is 5.29. The van der Waals surface area contributed by atoms with Crippen LogP contribution in [0.5, 0.6) is 0 Å². The maximum Gasteiger partial charge on any atom is 0.0426 e. The summed E-state index contributed by atoms with van der Waals surface area (Å²) in [4.78, 5) is 0. The van der Waals surface area contributed by atoms with Gasteiger partial charge >= 0.3 is 0 Å². The van der Waals surface area contributed by atoms with E-state index in [1.54, 1.807) is 0 Å². The van der Waals surface area contributed by atoms with Gasteiger partial charge in [-0.3, -0.25) is 0 Å². The van der Waals surface area contributed by atoms with Crippen molar-refractivity contribution < 1.29 is 0 Å². The molecule has 0 amide bonds. The smallest absolute Gasteiger partial charge is 0.0426 e. The maximum atomic E-state index is 6.34. The molecule has 1 aromatic rings. The third-order valence-electron chi connectivity index (χ3n) is 2.79. The first-order chi connectivity index (χ1) is 7.29. The van der Waals surface area contributed by atoms with E-state index in [1.807, 2.05) is 23.5 Å². The monoisotopic (exact) mass is 239 g/mol. The van der Waals surface area contributed by atoms with Crippen LogP contribution in [0, 0.1) is 6.92 Å². The van der Waals surface area contributed by atoms with Crippen molar-refractivity contribution in [2.24, 2.45) is 5.73 Å². The number of rotatable bonds is 2. The van der Waals surface area contributed by atoms with Crippen LogP contribution in [-0.2, 0) is 0 Å². The molecule has 0 bridgehead atoms. The van der Waals surface area contributed by atoms with E-state index in [2.05, 4.69) is 31.2 Å². The van der Waals surface area contributed by atoms with Crippen molar-refractivity contribution in [2.45, 2.75) is 18.2 Å². The number of nitrogens with two attached hydrogens (primary N) is 1. The number of benzene rings is 1. The summed E-state index contributed by atoms with van der Waals surface area (Å²) in [5.74, 6) is 3.72. The van der Waals surface area contributed by atoms with Crippen LogP contribution in [0.15, 0.2) is 24.3 Å². The van der Waals surface area contributed by atoms with E-state index in [9.17, 15) is 0 Å². The second kappa shape index (κ2) is 5.28. The Morgan fingerprint density at radius 2 is 2.13 bits per heavy atom. The van der Waals surface area contributed by atoms with Crippen LogP contribution in [0.1, 0.15) is 17.2 Å². The van der Waals surface area contributed by atoms with Gasteiger partial charge in [-0.25, -0.2) is 0 Å². The average molecular weight is 239 g/mol. The van der Waals surface area contributed by atoms with Gasteiger partial charge in [-0.1, -0.05) is 24.3 Å². The molecule has 1 nitrogen and oxygen atoms in total. The Morgan fingerprint density at radius 3 is 2.80 bits per heavy atom. The first kappa shape index (κ1) is 11.4. The highest BCUT2D eigenvalue weighted by atomic mass is 32.2. The van der Waals surface area contributed by atoms with Crippen LogP contribution in [0.4, 0.5) is 0 Å². The highest BCUT2D eigenvalue weighted by molar-refractivity contribution is 8.06. The van der Waals surface area contributed by atoms with Crippen molar-refractivity contribution in [3.8, 4) is 0 Å². The van der Waals surface area contributed by atoms with E-state index >= 15 is 0 Å². The van der Waals surface area contributed by atoms with Gasteiger partial charge < -0.3 is 5.73 Å². The first-order valence-corrected chi connectivity index (χ1v) is 7.50. The molecule has 82 valence electrons. The highest BCUT2D eigenvalue weighted by Gasteiger charge is 2.23. The molecule has 2 rings (SSSR count). The Morgan fingerprint density at radius 1 is 1.33 bits per heavy atom. The quantitative estimate of drug-likeness (QED) is 0.859. The van der Waals surface area contributed by atoms with Gasteiger partial charge in [-0.2, -0.15) is 23.5 Å². The normalized spacial score (nSPS) is 23.7. The Balaban J connectivity index is 2.12. The molecule has 2 unspecified atom stereocenters. The second-order valence-electron chi connectivity index (χ2n) is 3.87. The summed E-state index contributed by atoms with van der Waals surface area (Å²) in [5.41, 5.74) is 8.97. The van der Waals surface area contributed by atoms with Crippen molar-refractivity contribution in [1.29, 1.82) is 0 Å². The van der Waals surface area contributed by atoms with E-state index in [0.29, 0.717) is 5.25 Å². The van der Waals surface area contributed by atoms with Crippen LogP contribution >= 0.6 is 23.5 Å². The molecule has 0 spiro atoms. The number of hydrogen-bond donors (Lipinski definition) is 1. The fourth-order valence-corrected chi connectivity index (χ4v) is 4.67. The fraction of sp³-hybridized carbons (Fsp3) is 0.500. The second-order valence-corrected chi connectivity index (χ2v) is 6.36. The molecular weight excluding hydrogens is 222 g/mol. The van der Waals surface area contributed by atoms with Gasteiger partial charge in [0.1, 0.15) is 0 Å². The zero-order valence-electron chi connectivity index (χ0n) is 8.98. The molecule has 15 heavy (non-hydrogen) atoms. The lowest BCUT2D eigenvalue weighted by molar-refractivity contribution is 0.714. The molecule has 1 saturated heterocycles. The van der Waals surface area contributed by atoms with Crippen molar-refractivity contribution >= 4 is 23.5 Å². The van der Waals surface area contributed by atoms with E-state index < -0.39 is 0 Å². The van der Waals surface area contributed by atoms with Crippen molar-refractivity contribution in [3.05, 3.63) is 35.4 Å². The molecular formula is C12H17NS2. The Bertz CT molecular complexity index is 321. The molecule has 3 heteroatoms. The van der Waals surface area contributed by atoms with Crippen LogP contribution in [0.25, 0.3) is 0 Å². The molecule has 0 aromatic heterocycles. The molecule has 1 aromatic carbocycles. The summed E-state index contributed by atoms with van der Waals surface area (Å²) in [5, 5.41) is 0.588. The van der Waals surface area contributed by atoms with Crippen LogP contribution < -0.4 is 5.73 Å². The molecule has 0 saturated carbocycles. The topological polar surface area (TPSA) is 26.0 Å². The third-order valence-corrected chi connectivity index (χ3v) is 5.67. The molecule has 2 N–H and O–H groups in total. The molecule has 0 aliphatic carbocycles. The maximum absolute atomic E-state index is 6.34. The van der Waals surface area contributed by atoms with Crippen molar-refractivity contribution in [3.63, 3.8) is 0 Å². The van der Waals surface area contributed by atoms with Crippen molar-refractivity contribution in [1.82, 2.24) is 0 Å². The fourth-order valence-electron chi connectivity index (χ4n) is 1.87. The van der Waals surface area contributed by atoms with E-state index in [4.69, 9.17) is 5.73 Å². The minimum absolute atomic E-state index is 0.198. The Labute approximate surface area is 100 Å². The van der Waals surface area contributed by atoms with Crippen LogP contribution in [0.3, 0.4) is 0 Å². The van der Waals surface area contributed by atoms with Crippen molar-refractivity contribution in [2.75, 3.05) is 17.3 Å². The summed E-state index contributed by atoms with van der Waals surface area (Å²) in [7, 11) is 0. The molecule has 1 fully saturated rings. The Kier molecular flexibility index (Phi) is 4.00. The Hall–Kier alpha value is -0.120. The molecule has 2 atom stereocenters. The van der Waals surface area contributed by atoms with Gasteiger partial charge in [0.2, 0.25) is 0 Å². The van der Waals surface area contributed by atoms with Gasteiger partial charge in [-0.05, 0) is 18.1 Å². The lowest BCUT2D eigenvalue weighted by Crippen LogP contribution is -2.29. The van der Waals surface area contributed by atoms with Gasteiger partial charge in [0.25, 0.3) is 0 Å². The predicted octanol–water partition coefficient (Wildman–Crippen LogP) is 2.84. The molecule has 0 radical (unpaired) electrons. The zero-order chi connectivity index (χ0) is 10.7. The summed E-state index contributed by atoms with van der Waals surface area (Å²) < 4.78 is 0. The minimum Gasteiger partial charge on any atom is -0.323 e. The van der Waals surface area contributed by atoms with Gasteiger partial charge in [0.15, 0.2) is 0 Å². The number of hydrogen-bond acceptors (Lipinski definition) is 3. The average Bonchev–Trinajstić information content (AvgIpc) is 2.30. The summed E-state index contributed by atoms with van der Waals surface area (Å²) >= 11 is 4.06. The van der Waals surface area contributed by atoms with Crippen LogP contribution in [-0.4, -0.2) is 22.5 Å². The predicted molar refractivity (Wildman–Crippen MR) is 71.7 cm³/mol. The lowest BCUT2D eigenvalue weighted by atomic mass is 10.00. The van der Waals surface area contributed by atoms with Crippen LogP contribution in [0.2, 0.25) is 0 Å². The van der Waals surface area contributed by atoms with E-state index in [0.717, 1.165) is 0 Å². The van der Waals surface area contributed by atoms with E-state index in [1.165, 1.54) is 28.4 Å². The highest BCUT2D eigenvalue weighted by Crippen LogP contribution is 2.33. The zero-order valence-corrected chi connectivity index (χ0v) is 10.6. The summed E-state index contributed by atoms with van der Waals surface area (Å²) in [6.07, 6.45) is 0. The molecule has 1 heterocycles. The standard InChI is InChI=1S/C12H17NS2/c1-9-4-2-3-5-10(9)12(13)11-8-14-6-7-15-11/h2-5,11-12H,6-8,13H2,1H3. The largest absolute Gasteiger partial charge is 0.323 e. The lowest BCUT2D eigenvalue weighted by Gasteiger charge is -2.27. The number of thioether (sulfide) groups is 2. The SMILES string of the molecule is Cc1ccccc1C(N)C1CSCCS1. The third kappa shape index (κ3) is 2.71. The summed E-state index contributed by atoms with van der Waals surface area (Å²) in [6, 6.07) is 8.68. The van der Waals surface area contributed by atoms with E-state index in [-0.39, 0.29) is 6.04 Å². The van der Waals surface area contributed by atoms with Gasteiger partial charge in [-0.15, -0.1) is 0 Å². The van der Waals surface area contributed by atoms with Gasteiger partial charge in [0, 0.05) is 28.6 Å². The van der Waals surface area contributed by atoms with Gasteiger partial charge in [0.05, 0.1) is 0 Å². The molecule has 1 aliphatic heterocycles. The summed E-state index contributed by atoms with van der Waals surface area (Å²) in [6.45, 7) is 2.15. The molecule has 1 aliphatic rings. The number of aryl methyl sites for hydroxylation is 1.